The average Bonchev–Trinajstić information content (AvgIpc) is 3.29. The van der Waals surface area contributed by atoms with Crippen LogP contribution in [-0.4, -0.2) is 26.3 Å². The summed E-state index contributed by atoms with van der Waals surface area (Å²) in [4.78, 5) is 35.8. The third-order valence-electron chi connectivity index (χ3n) is 3.90. The Kier molecular flexibility index (Phi) is 4.20. The highest BCUT2D eigenvalue weighted by Gasteiger charge is 2.33. The molecule has 0 unspecified atom stereocenters. The highest BCUT2D eigenvalue weighted by molar-refractivity contribution is 5.76. The van der Waals surface area contributed by atoms with Crippen molar-refractivity contribution in [2.24, 2.45) is 0 Å². The first-order chi connectivity index (χ1) is 11.4. The van der Waals surface area contributed by atoms with Gasteiger partial charge in [0.1, 0.15) is 18.1 Å². The average molecular weight is 331 g/mol. The lowest BCUT2D eigenvalue weighted by molar-refractivity contribution is -0.386. The molecule has 1 fully saturated rings. The molecule has 0 N–H and O–H groups in total. The molecule has 24 heavy (non-hydrogen) atoms. The first kappa shape index (κ1) is 16.0. The van der Waals surface area contributed by atoms with E-state index in [1.807, 2.05) is 19.1 Å². The summed E-state index contributed by atoms with van der Waals surface area (Å²) in [5.41, 5.74) is -1.21. The Labute approximate surface area is 137 Å². The van der Waals surface area contributed by atoms with Crippen LogP contribution in [-0.2, 0) is 17.9 Å². The SMILES string of the molecule is Cc1ccc(CN(C(=O)Cn2ccc(=O)c([N+](=O)[O-])c2)C2CC2)o1. The number of aryl methyl sites for hydroxylation is 1. The van der Waals surface area contributed by atoms with Crippen LogP contribution in [0.25, 0.3) is 0 Å². The molecule has 0 atom stereocenters. The Balaban J connectivity index is 1.75. The molecule has 0 spiro atoms. The van der Waals surface area contributed by atoms with Crippen molar-refractivity contribution in [1.82, 2.24) is 9.47 Å². The van der Waals surface area contributed by atoms with Gasteiger partial charge in [0, 0.05) is 18.3 Å². The molecule has 0 aromatic carbocycles. The standard InChI is InChI=1S/C16H17N3O5/c1-11-2-5-13(24-11)8-18(12-3-4-12)16(21)10-17-7-6-15(20)14(9-17)19(22)23/h2,5-7,9,12H,3-4,8,10H2,1H3. The van der Waals surface area contributed by atoms with Gasteiger partial charge < -0.3 is 13.9 Å². The normalized spacial score (nSPS) is 13.7. The highest BCUT2D eigenvalue weighted by Crippen LogP contribution is 2.29. The molecular weight excluding hydrogens is 314 g/mol. The first-order valence-corrected chi connectivity index (χ1v) is 7.63. The summed E-state index contributed by atoms with van der Waals surface area (Å²) in [6, 6.07) is 4.96. The van der Waals surface area contributed by atoms with Crippen LogP contribution in [0.5, 0.6) is 0 Å². The summed E-state index contributed by atoms with van der Waals surface area (Å²) >= 11 is 0. The Morgan fingerprint density at radius 2 is 2.17 bits per heavy atom. The predicted octanol–water partition coefficient (Wildman–Crippen LogP) is 1.85. The molecule has 8 heteroatoms. The van der Waals surface area contributed by atoms with Crippen LogP contribution in [0, 0.1) is 17.0 Å². The second-order valence-corrected chi connectivity index (χ2v) is 5.89. The summed E-state index contributed by atoms with van der Waals surface area (Å²) in [6.45, 7) is 2.16. The van der Waals surface area contributed by atoms with Crippen molar-refractivity contribution < 1.29 is 14.1 Å². The van der Waals surface area contributed by atoms with Crippen molar-refractivity contribution in [2.75, 3.05) is 0 Å². The van der Waals surface area contributed by atoms with Gasteiger partial charge in [-0.25, -0.2) is 0 Å². The third kappa shape index (κ3) is 3.53. The predicted molar refractivity (Wildman–Crippen MR) is 84.4 cm³/mol. The molecule has 8 nitrogen and oxygen atoms in total. The fourth-order valence-corrected chi connectivity index (χ4v) is 2.54. The summed E-state index contributed by atoms with van der Waals surface area (Å²) in [5.74, 6) is 1.33. The number of carbonyl (C=O) groups is 1. The Hall–Kier alpha value is -2.90. The monoisotopic (exact) mass is 331 g/mol. The second-order valence-electron chi connectivity index (χ2n) is 5.89. The van der Waals surface area contributed by atoms with Gasteiger partial charge in [-0.05, 0) is 31.9 Å². The van der Waals surface area contributed by atoms with Crippen molar-refractivity contribution >= 4 is 11.6 Å². The summed E-state index contributed by atoms with van der Waals surface area (Å²) in [5, 5.41) is 10.8. The van der Waals surface area contributed by atoms with Gasteiger partial charge in [0.25, 0.3) is 5.43 Å². The van der Waals surface area contributed by atoms with E-state index < -0.39 is 16.0 Å². The minimum atomic E-state index is -0.742. The lowest BCUT2D eigenvalue weighted by Gasteiger charge is -2.22. The Morgan fingerprint density at radius 1 is 1.42 bits per heavy atom. The van der Waals surface area contributed by atoms with Gasteiger partial charge in [-0.15, -0.1) is 0 Å². The number of hydrogen-bond donors (Lipinski definition) is 0. The van der Waals surface area contributed by atoms with Gasteiger partial charge in [0.2, 0.25) is 5.91 Å². The van der Waals surface area contributed by atoms with Crippen LogP contribution in [0.4, 0.5) is 5.69 Å². The van der Waals surface area contributed by atoms with Crippen LogP contribution in [0.3, 0.4) is 0 Å². The van der Waals surface area contributed by atoms with E-state index in [2.05, 4.69) is 0 Å². The zero-order chi connectivity index (χ0) is 17.3. The van der Waals surface area contributed by atoms with Crippen molar-refractivity contribution in [3.63, 3.8) is 0 Å². The maximum absolute atomic E-state index is 12.6. The molecular formula is C16H17N3O5. The van der Waals surface area contributed by atoms with Crippen LogP contribution >= 0.6 is 0 Å². The molecule has 1 amide bonds. The lowest BCUT2D eigenvalue weighted by atomic mass is 10.3. The minimum Gasteiger partial charge on any atom is -0.464 e. The van der Waals surface area contributed by atoms with Gasteiger partial charge in [0.15, 0.2) is 0 Å². The number of amides is 1. The molecule has 2 heterocycles. The fraction of sp³-hybridized carbons (Fsp3) is 0.375. The highest BCUT2D eigenvalue weighted by atomic mass is 16.6. The molecule has 126 valence electrons. The summed E-state index contributed by atoms with van der Waals surface area (Å²) in [6.07, 6.45) is 4.36. The van der Waals surface area contributed by atoms with Crippen molar-refractivity contribution in [3.05, 3.63) is 62.5 Å². The van der Waals surface area contributed by atoms with Gasteiger partial charge in [0.05, 0.1) is 17.7 Å². The third-order valence-corrected chi connectivity index (χ3v) is 3.90. The molecule has 0 bridgehead atoms. The molecule has 1 aliphatic carbocycles. The number of nitro groups is 1. The molecule has 0 saturated heterocycles. The van der Waals surface area contributed by atoms with E-state index in [4.69, 9.17) is 4.42 Å². The maximum atomic E-state index is 12.6. The summed E-state index contributed by atoms with van der Waals surface area (Å²) in [7, 11) is 0. The topological polar surface area (TPSA) is 98.6 Å². The molecule has 0 radical (unpaired) electrons. The van der Waals surface area contributed by atoms with Crippen LogP contribution < -0.4 is 5.43 Å². The van der Waals surface area contributed by atoms with E-state index in [9.17, 15) is 19.7 Å². The zero-order valence-electron chi connectivity index (χ0n) is 13.2. The summed E-state index contributed by atoms with van der Waals surface area (Å²) < 4.78 is 6.89. The maximum Gasteiger partial charge on any atom is 0.332 e. The smallest absolute Gasteiger partial charge is 0.332 e. The van der Waals surface area contributed by atoms with E-state index >= 15 is 0 Å². The Morgan fingerprint density at radius 3 is 2.75 bits per heavy atom. The van der Waals surface area contributed by atoms with E-state index in [-0.39, 0.29) is 18.5 Å². The number of aromatic nitrogens is 1. The molecule has 2 aromatic rings. The number of pyridine rings is 1. The van der Waals surface area contributed by atoms with Crippen molar-refractivity contribution in [2.45, 2.75) is 38.9 Å². The van der Waals surface area contributed by atoms with Crippen molar-refractivity contribution in [3.8, 4) is 0 Å². The van der Waals surface area contributed by atoms with Gasteiger partial charge in [-0.2, -0.15) is 0 Å². The molecule has 0 aliphatic heterocycles. The number of carbonyl (C=O) groups excluding carboxylic acids is 1. The van der Waals surface area contributed by atoms with Gasteiger partial charge in [-0.3, -0.25) is 19.7 Å². The quantitative estimate of drug-likeness (QED) is 0.594. The van der Waals surface area contributed by atoms with E-state index in [0.29, 0.717) is 12.3 Å². The lowest BCUT2D eigenvalue weighted by Crippen LogP contribution is -2.35. The largest absolute Gasteiger partial charge is 0.464 e. The fourth-order valence-electron chi connectivity index (χ4n) is 2.54. The first-order valence-electron chi connectivity index (χ1n) is 7.63. The van der Waals surface area contributed by atoms with Crippen LogP contribution in [0.1, 0.15) is 24.4 Å². The zero-order valence-corrected chi connectivity index (χ0v) is 13.2. The van der Waals surface area contributed by atoms with Crippen LogP contribution in [0.2, 0.25) is 0 Å². The molecule has 3 rings (SSSR count). The minimum absolute atomic E-state index is 0.0582. The second kappa shape index (κ2) is 6.31. The van der Waals surface area contributed by atoms with Crippen molar-refractivity contribution in [1.29, 1.82) is 0 Å². The molecule has 2 aromatic heterocycles. The molecule has 1 aliphatic rings. The number of hydrogen-bond acceptors (Lipinski definition) is 5. The number of nitrogens with zero attached hydrogens (tertiary/aromatic N) is 3. The van der Waals surface area contributed by atoms with Gasteiger partial charge >= 0.3 is 5.69 Å². The number of furan rings is 1. The number of rotatable bonds is 6. The van der Waals surface area contributed by atoms with E-state index in [1.165, 1.54) is 10.8 Å². The van der Waals surface area contributed by atoms with Crippen LogP contribution in [0.15, 0.2) is 39.8 Å². The van der Waals surface area contributed by atoms with Gasteiger partial charge in [-0.1, -0.05) is 0 Å². The van der Waals surface area contributed by atoms with E-state index in [0.717, 1.165) is 30.9 Å². The van der Waals surface area contributed by atoms with E-state index in [1.54, 1.807) is 4.90 Å². The molecule has 1 saturated carbocycles. The Bertz CT molecular complexity index is 834.